The van der Waals surface area contributed by atoms with Gasteiger partial charge in [0.15, 0.2) is 11.6 Å². The average molecular weight is 242 g/mol. The van der Waals surface area contributed by atoms with E-state index in [1.807, 2.05) is 0 Å². The van der Waals surface area contributed by atoms with Crippen LogP contribution in [0.1, 0.15) is 0 Å². The Kier molecular flexibility index (Phi) is 2.70. The molecule has 0 aliphatic carbocycles. The summed E-state index contributed by atoms with van der Waals surface area (Å²) in [5.74, 6) is -0.157. The van der Waals surface area contributed by atoms with E-state index in [4.69, 9.17) is 22.1 Å². The largest absolute Gasteiger partial charge is 0.436 e. The first kappa shape index (κ1) is 10.8. The lowest BCUT2D eigenvalue weighted by Gasteiger charge is -2.06. The maximum atomic E-state index is 13.3. The van der Waals surface area contributed by atoms with Gasteiger partial charge in [-0.25, -0.2) is 4.39 Å². The number of hydrogen-bond acceptors (Lipinski definition) is 3. The number of anilines is 1. The zero-order valence-corrected chi connectivity index (χ0v) is 9.20. The average Bonchev–Trinajstić information content (AvgIpc) is 2.65. The van der Waals surface area contributed by atoms with Crippen molar-refractivity contribution in [3.8, 4) is 11.6 Å². The fourth-order valence-corrected chi connectivity index (χ4v) is 1.40. The number of ether oxygens (including phenoxy) is 1. The van der Waals surface area contributed by atoms with E-state index in [0.29, 0.717) is 5.88 Å². The van der Waals surface area contributed by atoms with Crippen LogP contribution in [0.5, 0.6) is 11.6 Å². The van der Waals surface area contributed by atoms with E-state index in [2.05, 4.69) is 5.10 Å². The minimum absolute atomic E-state index is 0.0154. The molecule has 84 valence electrons. The molecule has 0 amide bonds. The van der Waals surface area contributed by atoms with Crippen LogP contribution in [-0.2, 0) is 7.05 Å². The number of nitrogens with two attached hydrogens (primary N) is 1. The van der Waals surface area contributed by atoms with Gasteiger partial charge in [-0.1, -0.05) is 11.6 Å². The summed E-state index contributed by atoms with van der Waals surface area (Å²) >= 11 is 5.74. The number of nitrogens with zero attached hydrogens (tertiary/aromatic N) is 2. The highest BCUT2D eigenvalue weighted by atomic mass is 35.5. The van der Waals surface area contributed by atoms with Gasteiger partial charge in [-0.15, -0.1) is 5.10 Å². The van der Waals surface area contributed by atoms with Gasteiger partial charge in [-0.05, 0) is 12.1 Å². The van der Waals surface area contributed by atoms with E-state index < -0.39 is 5.82 Å². The van der Waals surface area contributed by atoms with Crippen molar-refractivity contribution in [3.05, 3.63) is 35.2 Å². The molecule has 4 nitrogen and oxygen atoms in total. The number of hydrogen-bond donors (Lipinski definition) is 1. The van der Waals surface area contributed by atoms with Crippen LogP contribution < -0.4 is 10.5 Å². The van der Waals surface area contributed by atoms with E-state index in [9.17, 15) is 4.39 Å². The summed E-state index contributed by atoms with van der Waals surface area (Å²) in [5.41, 5.74) is 5.34. The first-order valence-electron chi connectivity index (χ1n) is 4.49. The first-order valence-corrected chi connectivity index (χ1v) is 4.86. The Labute approximate surface area is 96.4 Å². The molecule has 0 aliphatic rings. The molecule has 0 fully saturated rings. The maximum Gasteiger partial charge on any atom is 0.238 e. The molecule has 2 aromatic rings. The highest BCUT2D eigenvalue weighted by Crippen LogP contribution is 2.33. The van der Waals surface area contributed by atoms with Crippen molar-refractivity contribution in [1.82, 2.24) is 9.78 Å². The minimum Gasteiger partial charge on any atom is -0.436 e. The highest BCUT2D eigenvalue weighted by molar-refractivity contribution is 6.32. The van der Waals surface area contributed by atoms with Gasteiger partial charge >= 0.3 is 0 Å². The second kappa shape index (κ2) is 4.02. The number of nitrogen functional groups attached to an aromatic ring is 1. The Morgan fingerprint density at radius 3 is 2.81 bits per heavy atom. The summed E-state index contributed by atoms with van der Waals surface area (Å²) in [4.78, 5) is 0. The fourth-order valence-electron chi connectivity index (χ4n) is 1.19. The lowest BCUT2D eigenvalue weighted by Crippen LogP contribution is -1.95. The summed E-state index contributed by atoms with van der Waals surface area (Å²) in [7, 11) is 1.75. The fraction of sp³-hybridized carbons (Fsp3) is 0.100. The molecule has 0 radical (unpaired) electrons. The second-order valence-corrected chi connectivity index (χ2v) is 3.59. The van der Waals surface area contributed by atoms with E-state index >= 15 is 0 Å². The molecule has 0 unspecified atom stereocenters. The molecule has 0 spiro atoms. The molecule has 0 saturated heterocycles. The normalized spacial score (nSPS) is 10.4. The molecule has 0 bridgehead atoms. The number of aryl methyl sites for hydroxylation is 1. The van der Waals surface area contributed by atoms with Gasteiger partial charge in [-0.3, -0.25) is 4.68 Å². The van der Waals surface area contributed by atoms with Crippen LogP contribution in [0.4, 0.5) is 10.1 Å². The van der Waals surface area contributed by atoms with Crippen LogP contribution in [0, 0.1) is 5.82 Å². The van der Waals surface area contributed by atoms with Crippen LogP contribution in [-0.4, -0.2) is 9.78 Å². The number of benzene rings is 1. The topological polar surface area (TPSA) is 53.1 Å². The van der Waals surface area contributed by atoms with Crippen LogP contribution in [0.15, 0.2) is 24.4 Å². The van der Waals surface area contributed by atoms with Crippen LogP contribution in [0.2, 0.25) is 5.02 Å². The predicted octanol–water partition coefficient (Wildman–Crippen LogP) is 2.59. The van der Waals surface area contributed by atoms with Gasteiger partial charge in [0.05, 0.1) is 5.69 Å². The molecule has 1 aromatic heterocycles. The van der Waals surface area contributed by atoms with Crippen molar-refractivity contribution in [2.24, 2.45) is 7.05 Å². The molecule has 2 N–H and O–H groups in total. The smallest absolute Gasteiger partial charge is 0.238 e. The lowest BCUT2D eigenvalue weighted by atomic mass is 10.3. The molecule has 0 saturated carbocycles. The van der Waals surface area contributed by atoms with Gasteiger partial charge < -0.3 is 10.5 Å². The van der Waals surface area contributed by atoms with E-state index in [1.54, 1.807) is 24.0 Å². The van der Waals surface area contributed by atoms with Gasteiger partial charge in [0.2, 0.25) is 5.88 Å². The van der Waals surface area contributed by atoms with E-state index in [-0.39, 0.29) is 16.5 Å². The SMILES string of the molecule is Cn1ccc(Oc2ccc(N)c(F)c2Cl)n1. The van der Waals surface area contributed by atoms with Gasteiger partial charge in [-0.2, -0.15) is 0 Å². The zero-order valence-electron chi connectivity index (χ0n) is 8.45. The Morgan fingerprint density at radius 2 is 2.19 bits per heavy atom. The number of aromatic nitrogens is 2. The standard InChI is InChI=1S/C10H9ClFN3O/c1-15-5-4-8(14-15)16-7-3-2-6(13)10(12)9(7)11/h2-5H,13H2,1H3. The molecule has 0 aliphatic heterocycles. The van der Waals surface area contributed by atoms with Gasteiger partial charge in [0, 0.05) is 19.3 Å². The summed E-state index contributed by atoms with van der Waals surface area (Å²) in [6.45, 7) is 0. The Bertz CT molecular complexity index is 527. The van der Waals surface area contributed by atoms with Crippen molar-refractivity contribution >= 4 is 17.3 Å². The Balaban J connectivity index is 2.32. The zero-order chi connectivity index (χ0) is 11.7. The summed E-state index contributed by atoms with van der Waals surface area (Å²) in [5, 5.41) is 3.83. The van der Waals surface area contributed by atoms with Crippen molar-refractivity contribution < 1.29 is 9.13 Å². The molecular weight excluding hydrogens is 233 g/mol. The third-order valence-electron chi connectivity index (χ3n) is 1.98. The van der Waals surface area contributed by atoms with Crippen LogP contribution in [0.3, 0.4) is 0 Å². The summed E-state index contributed by atoms with van der Waals surface area (Å²) in [6.07, 6.45) is 1.71. The van der Waals surface area contributed by atoms with E-state index in [1.165, 1.54) is 12.1 Å². The summed E-state index contributed by atoms with van der Waals surface area (Å²) in [6, 6.07) is 4.53. The van der Waals surface area contributed by atoms with Gasteiger partial charge in [0.25, 0.3) is 0 Å². The quantitative estimate of drug-likeness (QED) is 0.823. The number of rotatable bonds is 2. The van der Waals surface area contributed by atoms with Crippen molar-refractivity contribution in [2.45, 2.75) is 0 Å². The highest BCUT2D eigenvalue weighted by Gasteiger charge is 2.12. The van der Waals surface area contributed by atoms with Crippen LogP contribution >= 0.6 is 11.6 Å². The molecule has 1 heterocycles. The molecule has 2 rings (SSSR count). The van der Waals surface area contributed by atoms with Gasteiger partial charge in [0.1, 0.15) is 5.02 Å². The van der Waals surface area contributed by atoms with E-state index in [0.717, 1.165) is 0 Å². The molecule has 6 heteroatoms. The Hall–Kier alpha value is -1.75. The molecule has 1 aromatic carbocycles. The third kappa shape index (κ3) is 1.94. The van der Waals surface area contributed by atoms with Crippen molar-refractivity contribution in [2.75, 3.05) is 5.73 Å². The minimum atomic E-state index is -0.685. The number of halogens is 2. The van der Waals surface area contributed by atoms with Crippen molar-refractivity contribution in [3.63, 3.8) is 0 Å². The molecule has 0 atom stereocenters. The Morgan fingerprint density at radius 1 is 1.44 bits per heavy atom. The summed E-state index contributed by atoms with van der Waals surface area (Å²) < 4.78 is 20.2. The molecule has 16 heavy (non-hydrogen) atoms. The third-order valence-corrected chi connectivity index (χ3v) is 2.33. The van der Waals surface area contributed by atoms with Crippen molar-refractivity contribution in [1.29, 1.82) is 0 Å². The van der Waals surface area contributed by atoms with Crippen LogP contribution in [0.25, 0.3) is 0 Å². The maximum absolute atomic E-state index is 13.3. The monoisotopic (exact) mass is 241 g/mol. The predicted molar refractivity (Wildman–Crippen MR) is 59.1 cm³/mol. The second-order valence-electron chi connectivity index (χ2n) is 3.21. The molecular formula is C10H9ClFN3O. The lowest BCUT2D eigenvalue weighted by molar-refractivity contribution is 0.450. The first-order chi connectivity index (χ1) is 7.58.